The number of carbonyl (C=O) groups excluding carboxylic acids is 1. The van der Waals surface area contributed by atoms with Crippen molar-refractivity contribution in [2.24, 2.45) is 0 Å². The molecule has 0 unspecified atom stereocenters. The summed E-state index contributed by atoms with van der Waals surface area (Å²) in [6.45, 7) is 3.89. The quantitative estimate of drug-likeness (QED) is 0.780. The minimum Gasteiger partial charge on any atom is -0.489 e. The van der Waals surface area contributed by atoms with Gasteiger partial charge >= 0.3 is 5.97 Å². The maximum atomic E-state index is 11.5. The molecule has 0 aliphatic heterocycles. The summed E-state index contributed by atoms with van der Waals surface area (Å²) in [7, 11) is 1.34. The van der Waals surface area contributed by atoms with Crippen LogP contribution in [0, 0.1) is 0 Å². The van der Waals surface area contributed by atoms with Crippen LogP contribution in [0.15, 0.2) is 30.3 Å². The average Bonchev–Trinajstić information content (AvgIpc) is 2.37. The fraction of sp³-hybridized carbons (Fsp3) is 0.286. The highest BCUT2D eigenvalue weighted by atomic mass is 16.5. The van der Waals surface area contributed by atoms with Crippen LogP contribution >= 0.6 is 0 Å². The van der Waals surface area contributed by atoms with Crippen LogP contribution in [0.5, 0.6) is 5.75 Å². The summed E-state index contributed by atoms with van der Waals surface area (Å²) in [6, 6.07) is 9.15. The molecular weight excluding hydrogens is 230 g/mol. The molecule has 4 nitrogen and oxygen atoms in total. The van der Waals surface area contributed by atoms with E-state index >= 15 is 0 Å². The fourth-order valence-electron chi connectivity index (χ4n) is 1.69. The van der Waals surface area contributed by atoms with Gasteiger partial charge in [0.2, 0.25) is 0 Å². The number of carbonyl (C=O) groups is 1. The standard InChI is InChI=1S/C14H15NO3/c1-9(2)18-12-6-4-5-10-7-8-11(14(16)17-3)15-13(10)12/h4-9H,1-3H3. The highest BCUT2D eigenvalue weighted by Gasteiger charge is 2.11. The Morgan fingerprint density at radius 1 is 1.22 bits per heavy atom. The minimum absolute atomic E-state index is 0.0548. The van der Waals surface area contributed by atoms with Gasteiger partial charge in [-0.25, -0.2) is 9.78 Å². The molecule has 0 amide bonds. The Kier molecular flexibility index (Phi) is 3.46. The largest absolute Gasteiger partial charge is 0.489 e. The Labute approximate surface area is 106 Å². The molecule has 0 bridgehead atoms. The lowest BCUT2D eigenvalue weighted by Crippen LogP contribution is -2.08. The Balaban J connectivity index is 2.54. The molecule has 0 N–H and O–H groups in total. The molecule has 0 fully saturated rings. The van der Waals surface area contributed by atoms with E-state index in [1.165, 1.54) is 7.11 Å². The van der Waals surface area contributed by atoms with Crippen molar-refractivity contribution in [2.75, 3.05) is 7.11 Å². The number of ether oxygens (including phenoxy) is 2. The molecular formula is C14H15NO3. The zero-order chi connectivity index (χ0) is 13.1. The summed E-state index contributed by atoms with van der Waals surface area (Å²) < 4.78 is 10.3. The second-order valence-electron chi connectivity index (χ2n) is 4.18. The summed E-state index contributed by atoms with van der Waals surface area (Å²) in [5.74, 6) is 0.226. The summed E-state index contributed by atoms with van der Waals surface area (Å²) >= 11 is 0. The number of rotatable bonds is 3. The highest BCUT2D eigenvalue weighted by Crippen LogP contribution is 2.25. The molecule has 2 rings (SSSR count). The first-order chi connectivity index (χ1) is 8.61. The van der Waals surface area contributed by atoms with E-state index in [-0.39, 0.29) is 11.8 Å². The molecule has 0 radical (unpaired) electrons. The minimum atomic E-state index is -0.448. The number of fused-ring (bicyclic) bond motifs is 1. The van der Waals surface area contributed by atoms with Gasteiger partial charge in [0.25, 0.3) is 0 Å². The van der Waals surface area contributed by atoms with Gasteiger partial charge in [0, 0.05) is 5.39 Å². The van der Waals surface area contributed by atoms with Crippen LogP contribution in [0.3, 0.4) is 0 Å². The van der Waals surface area contributed by atoms with E-state index in [9.17, 15) is 4.79 Å². The van der Waals surface area contributed by atoms with Crippen molar-refractivity contribution in [1.29, 1.82) is 0 Å². The molecule has 0 saturated carbocycles. The lowest BCUT2D eigenvalue weighted by molar-refractivity contribution is 0.0594. The number of aromatic nitrogens is 1. The van der Waals surface area contributed by atoms with Crippen molar-refractivity contribution in [2.45, 2.75) is 20.0 Å². The number of hydrogen-bond donors (Lipinski definition) is 0. The van der Waals surface area contributed by atoms with Gasteiger partial charge in [0.05, 0.1) is 13.2 Å². The lowest BCUT2D eigenvalue weighted by atomic mass is 10.2. The number of para-hydroxylation sites is 1. The predicted molar refractivity (Wildman–Crippen MR) is 68.8 cm³/mol. The molecule has 0 atom stereocenters. The van der Waals surface area contributed by atoms with Gasteiger partial charge in [-0.05, 0) is 26.0 Å². The smallest absolute Gasteiger partial charge is 0.356 e. The lowest BCUT2D eigenvalue weighted by Gasteiger charge is -2.12. The van der Waals surface area contributed by atoms with Crippen LogP contribution < -0.4 is 4.74 Å². The van der Waals surface area contributed by atoms with Crippen molar-refractivity contribution in [3.05, 3.63) is 36.0 Å². The molecule has 0 aliphatic carbocycles. The first-order valence-corrected chi connectivity index (χ1v) is 5.76. The number of benzene rings is 1. The Morgan fingerprint density at radius 3 is 2.67 bits per heavy atom. The van der Waals surface area contributed by atoms with Gasteiger partial charge in [-0.15, -0.1) is 0 Å². The van der Waals surface area contributed by atoms with E-state index in [2.05, 4.69) is 9.72 Å². The third kappa shape index (κ3) is 2.42. The van der Waals surface area contributed by atoms with E-state index in [1.54, 1.807) is 6.07 Å². The molecule has 0 saturated heterocycles. The monoisotopic (exact) mass is 245 g/mol. The van der Waals surface area contributed by atoms with Gasteiger partial charge in [-0.2, -0.15) is 0 Å². The van der Waals surface area contributed by atoms with Crippen LogP contribution in [0.25, 0.3) is 10.9 Å². The fourth-order valence-corrected chi connectivity index (χ4v) is 1.69. The first kappa shape index (κ1) is 12.4. The molecule has 0 spiro atoms. The average molecular weight is 245 g/mol. The summed E-state index contributed by atoms with van der Waals surface area (Å²) in [5, 5.41) is 0.931. The number of nitrogens with zero attached hydrogens (tertiary/aromatic N) is 1. The molecule has 1 aromatic carbocycles. The SMILES string of the molecule is COC(=O)c1ccc2cccc(OC(C)C)c2n1. The van der Waals surface area contributed by atoms with Crippen LogP contribution in [0.2, 0.25) is 0 Å². The third-order valence-electron chi connectivity index (χ3n) is 2.44. The second-order valence-corrected chi connectivity index (χ2v) is 4.18. The van der Waals surface area contributed by atoms with Crippen molar-refractivity contribution >= 4 is 16.9 Å². The zero-order valence-corrected chi connectivity index (χ0v) is 10.6. The first-order valence-electron chi connectivity index (χ1n) is 5.76. The number of pyridine rings is 1. The van der Waals surface area contributed by atoms with Crippen LogP contribution in [-0.2, 0) is 4.74 Å². The molecule has 1 aromatic heterocycles. The van der Waals surface area contributed by atoms with Gasteiger partial charge in [0.1, 0.15) is 17.0 Å². The van der Waals surface area contributed by atoms with E-state index in [0.717, 1.165) is 5.39 Å². The van der Waals surface area contributed by atoms with Gasteiger partial charge < -0.3 is 9.47 Å². The normalized spacial score (nSPS) is 10.7. The van der Waals surface area contributed by atoms with E-state index in [1.807, 2.05) is 38.1 Å². The topological polar surface area (TPSA) is 48.4 Å². The summed E-state index contributed by atoms with van der Waals surface area (Å²) in [4.78, 5) is 15.8. The van der Waals surface area contributed by atoms with E-state index in [4.69, 9.17) is 4.74 Å². The zero-order valence-electron chi connectivity index (χ0n) is 10.6. The molecule has 4 heteroatoms. The van der Waals surface area contributed by atoms with Crippen molar-refractivity contribution < 1.29 is 14.3 Å². The maximum Gasteiger partial charge on any atom is 0.356 e. The van der Waals surface area contributed by atoms with Crippen molar-refractivity contribution in [3.8, 4) is 5.75 Å². The molecule has 1 heterocycles. The van der Waals surface area contributed by atoms with Gasteiger partial charge in [0.15, 0.2) is 0 Å². The molecule has 2 aromatic rings. The van der Waals surface area contributed by atoms with Gasteiger partial charge in [-0.1, -0.05) is 18.2 Å². The van der Waals surface area contributed by atoms with Gasteiger partial charge in [-0.3, -0.25) is 0 Å². The maximum absolute atomic E-state index is 11.5. The Hall–Kier alpha value is -2.10. The Morgan fingerprint density at radius 2 is 2.00 bits per heavy atom. The van der Waals surface area contributed by atoms with Crippen molar-refractivity contribution in [3.63, 3.8) is 0 Å². The van der Waals surface area contributed by atoms with E-state index < -0.39 is 5.97 Å². The summed E-state index contributed by atoms with van der Waals surface area (Å²) in [5.41, 5.74) is 0.957. The highest BCUT2D eigenvalue weighted by molar-refractivity contribution is 5.92. The van der Waals surface area contributed by atoms with E-state index in [0.29, 0.717) is 11.3 Å². The van der Waals surface area contributed by atoms with Crippen LogP contribution in [0.1, 0.15) is 24.3 Å². The third-order valence-corrected chi connectivity index (χ3v) is 2.44. The summed E-state index contributed by atoms with van der Waals surface area (Å²) in [6.07, 6.45) is 0.0548. The molecule has 18 heavy (non-hydrogen) atoms. The second kappa shape index (κ2) is 5.04. The van der Waals surface area contributed by atoms with Crippen LogP contribution in [0.4, 0.5) is 0 Å². The number of methoxy groups -OCH3 is 1. The predicted octanol–water partition coefficient (Wildman–Crippen LogP) is 2.81. The Bertz CT molecular complexity index is 578. The number of hydrogen-bond acceptors (Lipinski definition) is 4. The molecule has 0 aliphatic rings. The molecule has 94 valence electrons. The number of esters is 1. The van der Waals surface area contributed by atoms with Crippen molar-refractivity contribution in [1.82, 2.24) is 4.98 Å². The van der Waals surface area contributed by atoms with Crippen LogP contribution in [-0.4, -0.2) is 24.2 Å².